The maximum atomic E-state index is 13.3. The number of likely N-dealkylation sites (N-methyl/N-ethyl adjacent to an activating group) is 3. The molecule has 34 nitrogen and oxygen atoms in total. The molecule has 0 aliphatic carbocycles. The third kappa shape index (κ3) is 16.0. The van der Waals surface area contributed by atoms with Gasteiger partial charge in [-0.25, -0.2) is 9.59 Å². The van der Waals surface area contributed by atoms with Crippen molar-refractivity contribution in [2.75, 3.05) is 112 Å². The van der Waals surface area contributed by atoms with Gasteiger partial charge in [-0.1, -0.05) is 36.4 Å². The molecule has 0 radical (unpaired) electrons. The number of alkyl carbamates (subject to hydrolysis) is 1. The van der Waals surface area contributed by atoms with Crippen molar-refractivity contribution in [2.45, 2.75) is 198 Å². The molecule has 9 aliphatic heterocycles. The van der Waals surface area contributed by atoms with Crippen LogP contribution in [-0.4, -0.2) is 249 Å². The second-order valence-electron chi connectivity index (χ2n) is 37.3. The van der Waals surface area contributed by atoms with Gasteiger partial charge in [0.1, 0.15) is 59.2 Å². The van der Waals surface area contributed by atoms with E-state index in [0.29, 0.717) is 118 Å². The fourth-order valence-corrected chi connectivity index (χ4v) is 24.7. The first-order valence-corrected chi connectivity index (χ1v) is 46.7. The predicted molar refractivity (Wildman–Crippen MR) is 517 cm³/mol. The monoisotopic (exact) mass is 1910 g/mol. The van der Waals surface area contributed by atoms with Crippen molar-refractivity contribution in [1.29, 1.82) is 15.8 Å². The van der Waals surface area contributed by atoms with Gasteiger partial charge in [-0.05, 0) is 214 Å². The number of carbonyl (C=O) groups is 3. The molecule has 9 aliphatic rings. The van der Waals surface area contributed by atoms with Crippen molar-refractivity contribution >= 4 is 18.1 Å². The summed E-state index contributed by atoms with van der Waals surface area (Å²) in [4.78, 5) is 56.6. The summed E-state index contributed by atoms with van der Waals surface area (Å²) in [5, 5.41) is 112. The molecule has 18 rings (SSSR count). The number of phenolic OH excluding ortho intramolecular Hbond substituents is 6. The van der Waals surface area contributed by atoms with Crippen LogP contribution in [0.3, 0.4) is 0 Å². The Labute approximate surface area is 814 Å². The van der Waals surface area contributed by atoms with Crippen molar-refractivity contribution in [1.82, 2.24) is 50.3 Å². The lowest BCUT2D eigenvalue weighted by Crippen LogP contribution is -2.68. The molecular formula is C106H123N13O21. The number of aromatic nitrogens is 1. The Bertz CT molecular complexity index is 6500. The number of phenols is 6. The molecular weight excluding hydrogens is 1790 g/mol. The fraction of sp³-hybridized carbons (Fsp3) is 0.443. The van der Waals surface area contributed by atoms with Crippen LogP contribution in [0.2, 0.25) is 0 Å². The number of hydrogen-bond donors (Lipinski definition) is 9. The van der Waals surface area contributed by atoms with Crippen LogP contribution in [0.25, 0.3) is 0 Å². The topological polar surface area (TPSA) is 423 Å². The molecule has 3 amide bonds. The number of nitriles is 3. The van der Waals surface area contributed by atoms with Crippen LogP contribution in [0, 0.1) is 96.3 Å². The van der Waals surface area contributed by atoms with E-state index in [2.05, 4.69) is 68.5 Å². The SMILES string of the molecule is COc1c(C)c(C)c2c(c1O)[C@@H]1[C@@H]3Cc4c(OC)c(C)c(OC)c(O)c4[C@H](CNC(=O)OCc4ccccc4)N3[C@@H](C#N)[C@H](C2)N1C.COc1c(C)c(C)c2c(c1O)[C@@H]1[C@@H]3Cc4c(OC)c(C)c(OC)c(O)c4[C@H](CNC(=O)c4ccccn4)N3[C@@H](C#N)[C@H](C2)N1C.COc1ccc(OC(=O)NC[C@H]2c3c(O)c(OC)c(C)c(OC)c3C[C@H]3[C@H]4c5c(O)c(OC)c(C)c(C)c5C[C@@H]([C@H](C#N)N23)N4C)cc1. The summed E-state index contributed by atoms with van der Waals surface area (Å²) in [5.74, 6) is 4.54. The molecule has 8 aromatic carbocycles. The van der Waals surface area contributed by atoms with Gasteiger partial charge in [-0.3, -0.25) is 39.2 Å². The average molecular weight is 1920 g/mol. The van der Waals surface area contributed by atoms with Gasteiger partial charge in [0.05, 0.1) is 126 Å². The number of amides is 3. The summed E-state index contributed by atoms with van der Waals surface area (Å²) in [6.07, 6.45) is 3.04. The quantitative estimate of drug-likeness (QED) is 0.0342. The Morgan fingerprint density at radius 1 is 0.350 bits per heavy atom. The lowest BCUT2D eigenvalue weighted by Gasteiger charge is -2.60. The highest BCUT2D eigenvalue weighted by Crippen LogP contribution is 2.63. The van der Waals surface area contributed by atoms with E-state index < -0.39 is 48.4 Å². The summed E-state index contributed by atoms with van der Waals surface area (Å²) >= 11 is 0. The molecule has 6 bridgehead atoms. The van der Waals surface area contributed by atoms with Crippen molar-refractivity contribution in [3.8, 4) is 116 Å². The smallest absolute Gasteiger partial charge is 0.412 e. The summed E-state index contributed by atoms with van der Waals surface area (Å²) < 4.78 is 68.3. The largest absolute Gasteiger partial charge is 0.504 e. The number of carbonyl (C=O) groups excluding carboxylic acids is 3. The summed E-state index contributed by atoms with van der Waals surface area (Å²) in [7, 11) is 21.4. The van der Waals surface area contributed by atoms with Gasteiger partial charge in [0.2, 0.25) is 0 Å². The molecule has 3 saturated heterocycles. The van der Waals surface area contributed by atoms with Crippen molar-refractivity contribution in [2.24, 2.45) is 0 Å². The van der Waals surface area contributed by atoms with Gasteiger partial charge in [0.15, 0.2) is 69.0 Å². The van der Waals surface area contributed by atoms with Crippen molar-refractivity contribution in [3.05, 3.63) is 207 Å². The van der Waals surface area contributed by atoms with E-state index in [1.165, 1.54) is 21.3 Å². The minimum Gasteiger partial charge on any atom is -0.504 e. The lowest BCUT2D eigenvalue weighted by atomic mass is 9.70. The van der Waals surface area contributed by atoms with E-state index in [4.69, 9.17) is 56.8 Å². The van der Waals surface area contributed by atoms with Crippen LogP contribution in [-0.2, 0) is 49.9 Å². The predicted octanol–water partition coefficient (Wildman–Crippen LogP) is 13.0. The van der Waals surface area contributed by atoms with Crippen LogP contribution in [0.4, 0.5) is 9.59 Å². The average Bonchev–Trinajstić information content (AvgIpc) is 0.702. The van der Waals surface area contributed by atoms with Crippen molar-refractivity contribution in [3.63, 3.8) is 0 Å². The molecule has 0 spiro atoms. The van der Waals surface area contributed by atoms with E-state index in [1.807, 2.05) is 114 Å². The van der Waals surface area contributed by atoms with Crippen molar-refractivity contribution < 1.29 is 102 Å². The number of piperazine rings is 3. The number of benzene rings is 8. The molecule has 738 valence electrons. The Kier molecular flexibility index (Phi) is 28.1. The van der Waals surface area contributed by atoms with Gasteiger partial charge in [-0.2, -0.15) is 15.8 Å². The minimum absolute atomic E-state index is 0.00215. The second kappa shape index (κ2) is 39.7. The maximum absolute atomic E-state index is 13.3. The second-order valence-corrected chi connectivity index (χ2v) is 37.3. The Morgan fingerprint density at radius 2 is 0.650 bits per heavy atom. The highest BCUT2D eigenvalue weighted by Gasteiger charge is 2.62. The minimum atomic E-state index is -0.698. The lowest BCUT2D eigenvalue weighted by molar-refractivity contribution is -0.0725. The first-order valence-electron chi connectivity index (χ1n) is 46.7. The molecule has 0 unspecified atom stereocenters. The zero-order chi connectivity index (χ0) is 101. The summed E-state index contributed by atoms with van der Waals surface area (Å²) in [6, 6.07) is 22.3. The standard InChI is InChI=1S/C36H42N4O8.C36H42N4O7.C34H39N5O6/c1-17-18(2)34(46-7)32(42)29-22(17)13-24-26(15-37)40-25(30(29)39(24)4)14-23-28(31(41)35(47-8)19(3)33(23)45-6)27(40)16-38-36(43)48-21-11-9-20(44-5)10-12-21;1-18-19(2)34(45-6)32(42)29-22(18)13-24-26(15-37)40-25(30(29)39(24)4)14-23-28(31(41)35(46-7)20(3)33(23)44-5)27(40)16-38-36(43)47-17-21-11-9-8-10-12-21;1-16-17(2)32(44-6)30(41)27-19(16)12-22-24(14-35)39-23(28(27)38(22)4)13-20-26(29(40)33(45-7)18(3)31(20)43-5)25(39)15-37-34(42)21-10-8-9-11-36-21/h9-12,24-27,30,41-42H,13-14,16H2,1-8H3,(H,38,43);8-12,24-27,30,41-42H,13-14,16-17H2,1-7H3,(H,38,43);8-11,22-25,28,40-41H,12-13,15H2,1-7H3,(H,37,42)/t2*24-,25-,26-,27-,30-;22-,23-,24-,25-,28-/m000/s1. The number of nitrogens with one attached hydrogen (secondary N) is 3. The van der Waals surface area contributed by atoms with Gasteiger partial charge in [0.25, 0.3) is 5.91 Å². The van der Waals surface area contributed by atoms with Crippen LogP contribution < -0.4 is 68.1 Å². The molecule has 9 aromatic rings. The molecule has 34 heteroatoms. The number of pyridine rings is 1. The van der Waals surface area contributed by atoms with Gasteiger partial charge < -0.3 is 103 Å². The van der Waals surface area contributed by atoms with Crippen LogP contribution >= 0.6 is 0 Å². The zero-order valence-electron chi connectivity index (χ0n) is 83.0. The number of fused-ring (bicyclic) bond motifs is 21. The highest BCUT2D eigenvalue weighted by molar-refractivity contribution is 5.92. The first kappa shape index (κ1) is 99.0. The first-order chi connectivity index (χ1) is 67.2. The van der Waals surface area contributed by atoms with Gasteiger partial charge in [-0.15, -0.1) is 0 Å². The van der Waals surface area contributed by atoms with E-state index in [-0.39, 0.29) is 144 Å². The number of rotatable bonds is 20. The molecule has 9 N–H and O–H groups in total. The molecule has 15 atom stereocenters. The molecule has 1 aromatic heterocycles. The van der Waals surface area contributed by atoms with Crippen LogP contribution in [0.15, 0.2) is 79.0 Å². The van der Waals surface area contributed by atoms with Gasteiger partial charge >= 0.3 is 12.2 Å². The highest BCUT2D eigenvalue weighted by atomic mass is 16.6. The molecule has 10 heterocycles. The van der Waals surface area contributed by atoms with Crippen LogP contribution in [0.1, 0.15) is 169 Å². The van der Waals surface area contributed by atoms with E-state index in [9.17, 15) is 60.8 Å². The Hall–Kier alpha value is -14.1. The van der Waals surface area contributed by atoms with Gasteiger partial charge in [0, 0.05) is 129 Å². The number of methoxy groups -OCH3 is 10. The zero-order valence-corrected chi connectivity index (χ0v) is 83.0. The third-order valence-electron chi connectivity index (χ3n) is 31.3. The summed E-state index contributed by atoms with van der Waals surface area (Å²) in [5.41, 5.74) is 18.1. The number of hydrogen-bond acceptors (Lipinski definition) is 31. The maximum Gasteiger partial charge on any atom is 0.412 e. The van der Waals surface area contributed by atoms with E-state index in [1.54, 1.807) is 98.4 Å². The van der Waals surface area contributed by atoms with E-state index in [0.717, 1.165) is 89.0 Å². The number of ether oxygens (including phenoxy) is 12. The molecule has 140 heavy (non-hydrogen) atoms. The van der Waals surface area contributed by atoms with Crippen LogP contribution in [0.5, 0.6) is 97.7 Å². The normalized spacial score (nSPS) is 23.1. The third-order valence-corrected chi connectivity index (χ3v) is 31.3. The molecule has 3 fully saturated rings. The Morgan fingerprint density at radius 3 is 0.964 bits per heavy atom. The summed E-state index contributed by atoms with van der Waals surface area (Å²) in [6.45, 7) is 17.6. The van der Waals surface area contributed by atoms with E-state index >= 15 is 0 Å². The number of nitrogens with zero attached hydrogens (tertiary/aromatic N) is 10. The number of aromatic hydroxyl groups is 6. The molecule has 0 saturated carbocycles. The fourth-order valence-electron chi connectivity index (χ4n) is 24.7. The Balaban J connectivity index is 0.000000151.